The maximum Gasteiger partial charge on any atom is 0.225 e. The molecule has 2 unspecified atom stereocenters. The maximum absolute atomic E-state index is 12.1. The van der Waals surface area contributed by atoms with E-state index in [-0.39, 0.29) is 5.91 Å². The van der Waals surface area contributed by atoms with Crippen molar-refractivity contribution in [3.63, 3.8) is 0 Å². The van der Waals surface area contributed by atoms with Gasteiger partial charge in [-0.3, -0.25) is 4.79 Å². The minimum atomic E-state index is -0.0490. The number of hydrogen-bond acceptors (Lipinski definition) is 3. The second kappa shape index (κ2) is 8.16. The van der Waals surface area contributed by atoms with Crippen LogP contribution in [-0.4, -0.2) is 37.0 Å². The Morgan fingerprint density at radius 3 is 2.95 bits per heavy atom. The fourth-order valence-electron chi connectivity index (χ4n) is 2.80. The number of piperidine rings is 1. The Balaban J connectivity index is 1.82. The van der Waals surface area contributed by atoms with Gasteiger partial charge in [0.15, 0.2) is 0 Å². The molecule has 4 nitrogen and oxygen atoms in total. The number of nitrogens with one attached hydrogen (secondary N) is 1. The van der Waals surface area contributed by atoms with Gasteiger partial charge in [-0.2, -0.15) is 0 Å². The van der Waals surface area contributed by atoms with Crippen molar-refractivity contribution in [3.8, 4) is 0 Å². The lowest BCUT2D eigenvalue weighted by atomic mass is 9.87. The van der Waals surface area contributed by atoms with Crippen molar-refractivity contribution in [2.75, 3.05) is 31.5 Å². The number of hydrogen-bond donors (Lipinski definition) is 2. The summed E-state index contributed by atoms with van der Waals surface area (Å²) in [5, 5.41) is 3.86. The zero-order chi connectivity index (χ0) is 16.1. The summed E-state index contributed by atoms with van der Waals surface area (Å²) in [6.07, 6.45) is 1.58. The van der Waals surface area contributed by atoms with Gasteiger partial charge in [0.2, 0.25) is 5.91 Å². The molecule has 0 aliphatic carbocycles. The molecule has 1 fully saturated rings. The lowest BCUT2D eigenvalue weighted by Gasteiger charge is -2.36. The predicted octanol–water partition coefficient (Wildman–Crippen LogP) is 3.24. The van der Waals surface area contributed by atoms with Gasteiger partial charge in [0, 0.05) is 24.5 Å². The summed E-state index contributed by atoms with van der Waals surface area (Å²) in [4.78, 5) is 14.4. The molecule has 1 heterocycles. The highest BCUT2D eigenvalue weighted by Crippen LogP contribution is 2.26. The maximum atomic E-state index is 12.1. The molecule has 1 aliphatic heterocycles. The van der Waals surface area contributed by atoms with Crippen molar-refractivity contribution in [2.45, 2.75) is 19.8 Å². The summed E-state index contributed by atoms with van der Waals surface area (Å²) in [5.74, 6) is 1.15. The molecule has 2 rings (SSSR count). The van der Waals surface area contributed by atoms with E-state index in [4.69, 9.17) is 28.9 Å². The lowest BCUT2D eigenvalue weighted by Crippen LogP contribution is -2.43. The average molecular weight is 344 g/mol. The molecule has 22 heavy (non-hydrogen) atoms. The molecule has 1 amide bonds. The van der Waals surface area contributed by atoms with Gasteiger partial charge < -0.3 is 16.0 Å². The molecule has 1 aliphatic rings. The molecular weight excluding hydrogens is 321 g/mol. The first-order valence-electron chi connectivity index (χ1n) is 7.67. The molecule has 1 aromatic rings. The Bertz CT molecular complexity index is 524. The monoisotopic (exact) mass is 343 g/mol. The molecule has 0 bridgehead atoms. The van der Waals surface area contributed by atoms with Crippen LogP contribution in [0, 0.1) is 11.8 Å². The second-order valence-corrected chi connectivity index (χ2v) is 6.83. The smallest absolute Gasteiger partial charge is 0.225 e. The summed E-state index contributed by atoms with van der Waals surface area (Å²) in [6.45, 7) is 5.71. The number of carbonyl (C=O) groups is 1. The van der Waals surface area contributed by atoms with E-state index < -0.39 is 0 Å². The fraction of sp³-hybridized carbons (Fsp3) is 0.562. The summed E-state index contributed by atoms with van der Waals surface area (Å²) in [5.41, 5.74) is 6.37. The molecule has 0 radical (unpaired) electrons. The summed E-state index contributed by atoms with van der Waals surface area (Å²) in [6, 6.07) is 5.04. The molecule has 2 atom stereocenters. The van der Waals surface area contributed by atoms with Gasteiger partial charge in [-0.1, -0.05) is 30.1 Å². The van der Waals surface area contributed by atoms with E-state index in [2.05, 4.69) is 17.1 Å². The lowest BCUT2D eigenvalue weighted by molar-refractivity contribution is -0.116. The van der Waals surface area contributed by atoms with Crippen LogP contribution < -0.4 is 11.1 Å². The highest BCUT2D eigenvalue weighted by molar-refractivity contribution is 6.35. The molecule has 122 valence electrons. The molecule has 1 saturated heterocycles. The van der Waals surface area contributed by atoms with Gasteiger partial charge in [0.05, 0.1) is 10.7 Å². The Labute approximate surface area is 141 Å². The number of benzene rings is 1. The average Bonchev–Trinajstić information content (AvgIpc) is 2.50. The summed E-state index contributed by atoms with van der Waals surface area (Å²) >= 11 is 12.0. The highest BCUT2D eigenvalue weighted by Gasteiger charge is 2.25. The number of carbonyl (C=O) groups excluding carboxylic acids is 1. The first kappa shape index (κ1) is 17.5. The van der Waals surface area contributed by atoms with Crippen molar-refractivity contribution in [3.05, 3.63) is 28.2 Å². The number of nitrogens with zero attached hydrogens (tertiary/aromatic N) is 1. The van der Waals surface area contributed by atoms with Gasteiger partial charge in [0.1, 0.15) is 0 Å². The predicted molar refractivity (Wildman–Crippen MR) is 92.5 cm³/mol. The van der Waals surface area contributed by atoms with Gasteiger partial charge in [-0.25, -0.2) is 0 Å². The molecule has 6 heteroatoms. The molecule has 0 saturated carbocycles. The third-order valence-electron chi connectivity index (χ3n) is 4.36. The van der Waals surface area contributed by atoms with E-state index in [1.807, 2.05) is 0 Å². The third-order valence-corrected chi connectivity index (χ3v) is 4.92. The van der Waals surface area contributed by atoms with Crippen molar-refractivity contribution >= 4 is 34.8 Å². The van der Waals surface area contributed by atoms with E-state index in [0.29, 0.717) is 40.5 Å². The minimum absolute atomic E-state index is 0.0490. The fourth-order valence-corrected chi connectivity index (χ4v) is 3.14. The molecule has 1 aromatic carbocycles. The van der Waals surface area contributed by atoms with E-state index in [0.717, 1.165) is 26.1 Å². The normalized spacial score (nSPS) is 22.5. The standard InChI is InChI=1S/C16H23Cl2N3O/c1-11-4-6-21(10-12(11)9-19)7-5-16(22)20-15-8-13(17)2-3-14(15)18/h2-3,8,11-12H,4-7,9-10,19H2,1H3,(H,20,22). The van der Waals surface area contributed by atoms with Crippen LogP contribution in [-0.2, 0) is 4.79 Å². The summed E-state index contributed by atoms with van der Waals surface area (Å²) < 4.78 is 0. The van der Waals surface area contributed by atoms with Crippen LogP contribution >= 0.6 is 23.2 Å². The van der Waals surface area contributed by atoms with Crippen LogP contribution in [0.25, 0.3) is 0 Å². The third kappa shape index (κ3) is 4.85. The molecule has 0 aromatic heterocycles. The van der Waals surface area contributed by atoms with Gasteiger partial charge in [-0.05, 0) is 49.5 Å². The van der Waals surface area contributed by atoms with Crippen LogP contribution in [0.15, 0.2) is 18.2 Å². The van der Waals surface area contributed by atoms with Crippen molar-refractivity contribution < 1.29 is 4.79 Å². The number of amides is 1. The second-order valence-electron chi connectivity index (χ2n) is 5.98. The van der Waals surface area contributed by atoms with Crippen LogP contribution in [0.2, 0.25) is 10.0 Å². The van der Waals surface area contributed by atoms with Crippen molar-refractivity contribution in [1.82, 2.24) is 4.90 Å². The zero-order valence-corrected chi connectivity index (χ0v) is 14.3. The van der Waals surface area contributed by atoms with Crippen LogP contribution in [0.5, 0.6) is 0 Å². The molecular formula is C16H23Cl2N3O. The Hall–Kier alpha value is -0.810. The van der Waals surface area contributed by atoms with Crippen LogP contribution in [0.3, 0.4) is 0 Å². The molecule has 3 N–H and O–H groups in total. The quantitative estimate of drug-likeness (QED) is 0.862. The van der Waals surface area contributed by atoms with Crippen LogP contribution in [0.1, 0.15) is 19.8 Å². The Morgan fingerprint density at radius 1 is 1.45 bits per heavy atom. The van der Waals surface area contributed by atoms with E-state index in [1.54, 1.807) is 18.2 Å². The van der Waals surface area contributed by atoms with Gasteiger partial charge in [-0.15, -0.1) is 0 Å². The van der Waals surface area contributed by atoms with E-state index >= 15 is 0 Å². The van der Waals surface area contributed by atoms with Crippen molar-refractivity contribution in [1.29, 1.82) is 0 Å². The Morgan fingerprint density at radius 2 is 2.23 bits per heavy atom. The zero-order valence-electron chi connectivity index (χ0n) is 12.8. The van der Waals surface area contributed by atoms with E-state index in [1.165, 1.54) is 0 Å². The highest BCUT2D eigenvalue weighted by atomic mass is 35.5. The summed E-state index contributed by atoms with van der Waals surface area (Å²) in [7, 11) is 0. The van der Waals surface area contributed by atoms with Gasteiger partial charge >= 0.3 is 0 Å². The minimum Gasteiger partial charge on any atom is -0.330 e. The number of halogens is 2. The first-order chi connectivity index (χ1) is 10.5. The number of rotatable bonds is 5. The molecule has 0 spiro atoms. The van der Waals surface area contributed by atoms with Crippen molar-refractivity contribution in [2.24, 2.45) is 17.6 Å². The topological polar surface area (TPSA) is 58.4 Å². The Kier molecular flexibility index (Phi) is 6.50. The van der Waals surface area contributed by atoms with E-state index in [9.17, 15) is 4.79 Å². The first-order valence-corrected chi connectivity index (χ1v) is 8.42. The SMILES string of the molecule is CC1CCN(CCC(=O)Nc2cc(Cl)ccc2Cl)CC1CN. The number of likely N-dealkylation sites (tertiary alicyclic amines) is 1. The van der Waals surface area contributed by atoms with Crippen LogP contribution in [0.4, 0.5) is 5.69 Å². The largest absolute Gasteiger partial charge is 0.330 e. The number of nitrogens with two attached hydrogens (primary N) is 1. The number of anilines is 1. The van der Waals surface area contributed by atoms with Gasteiger partial charge in [0.25, 0.3) is 0 Å².